The average Bonchev–Trinajstić information content (AvgIpc) is 3.58. The van der Waals surface area contributed by atoms with Crippen molar-refractivity contribution in [3.8, 4) is 0 Å². The first-order chi connectivity index (χ1) is 16.7. The topological polar surface area (TPSA) is 89.4 Å². The summed E-state index contributed by atoms with van der Waals surface area (Å²) in [4.78, 5) is 8.12. The largest absolute Gasteiger partial charge is 0.352 e. The zero-order chi connectivity index (χ0) is 24.8. The molecule has 5 rings (SSSR count). The Morgan fingerprint density at radius 1 is 1.06 bits per heavy atom. The summed E-state index contributed by atoms with van der Waals surface area (Å²) >= 11 is 0. The van der Waals surface area contributed by atoms with Gasteiger partial charge in [0.2, 0.25) is 0 Å². The van der Waals surface area contributed by atoms with Crippen molar-refractivity contribution in [3.05, 3.63) is 83.6 Å². The van der Waals surface area contributed by atoms with E-state index in [2.05, 4.69) is 9.71 Å². The molecule has 2 heterocycles. The number of aryl methyl sites for hydroxylation is 1. The molecule has 0 atom stereocenters. The van der Waals surface area contributed by atoms with E-state index in [1.54, 1.807) is 18.2 Å². The molecule has 2 aromatic carbocycles. The van der Waals surface area contributed by atoms with E-state index in [9.17, 15) is 12.8 Å². The van der Waals surface area contributed by atoms with Gasteiger partial charge in [0.05, 0.1) is 27.9 Å². The summed E-state index contributed by atoms with van der Waals surface area (Å²) in [5.74, 6) is -0.483. The molecule has 1 spiro atoms. The van der Waals surface area contributed by atoms with Gasteiger partial charge in [-0.15, -0.1) is 0 Å². The van der Waals surface area contributed by atoms with E-state index in [-0.39, 0.29) is 27.5 Å². The summed E-state index contributed by atoms with van der Waals surface area (Å²) in [7, 11) is -3.97. The zero-order valence-corrected chi connectivity index (χ0v) is 19.9. The summed E-state index contributed by atoms with van der Waals surface area (Å²) in [5.41, 5.74) is 0.486. The lowest BCUT2D eigenvalue weighted by molar-refractivity contribution is 0.258. The van der Waals surface area contributed by atoms with E-state index >= 15 is 4.39 Å². The molecule has 1 saturated carbocycles. The van der Waals surface area contributed by atoms with Crippen LogP contribution in [0.3, 0.4) is 0 Å². The van der Waals surface area contributed by atoms with Gasteiger partial charge >= 0.3 is 0 Å². The second-order valence-electron chi connectivity index (χ2n) is 9.06. The summed E-state index contributed by atoms with van der Waals surface area (Å²) in [5, 5.41) is 8.91. The van der Waals surface area contributed by atoms with Crippen LogP contribution in [0.4, 0.5) is 20.3 Å². The lowest BCUT2D eigenvalue weighted by Gasteiger charge is -2.44. The number of hydrogen-bond donors (Lipinski definition) is 2. The normalized spacial score (nSPS) is 16.9. The van der Waals surface area contributed by atoms with Crippen LogP contribution < -0.4 is 9.62 Å². The molecule has 1 saturated heterocycles. The number of anilines is 2. The minimum atomic E-state index is -3.97. The second kappa shape index (κ2) is 8.60. The van der Waals surface area contributed by atoms with Crippen molar-refractivity contribution < 1.29 is 17.2 Å². The van der Waals surface area contributed by atoms with E-state index in [0.29, 0.717) is 25.5 Å². The van der Waals surface area contributed by atoms with Crippen molar-refractivity contribution in [1.29, 1.82) is 5.41 Å². The van der Waals surface area contributed by atoms with Gasteiger partial charge in [-0.3, -0.25) is 10.1 Å². The highest BCUT2D eigenvalue weighted by atomic mass is 32.2. The SMILES string of the molecule is Cc1ccc(S(=O)(=O)Nc2cccc(F)c2C(=N)N2CCN(c3ccc(F)cn3)CC23CC3)cc1. The number of aromatic nitrogens is 1. The lowest BCUT2D eigenvalue weighted by Crippen LogP contribution is -2.57. The molecule has 0 radical (unpaired) electrons. The third-order valence-corrected chi connectivity index (χ3v) is 7.99. The van der Waals surface area contributed by atoms with Crippen LogP contribution in [0.25, 0.3) is 0 Å². The Labute approximate surface area is 203 Å². The van der Waals surface area contributed by atoms with Crippen LogP contribution in [0, 0.1) is 24.0 Å². The zero-order valence-electron chi connectivity index (χ0n) is 19.1. The van der Waals surface area contributed by atoms with E-state index in [1.165, 1.54) is 42.6 Å². The quantitative estimate of drug-likeness (QED) is 0.408. The Kier molecular flexibility index (Phi) is 5.71. The number of hydrogen-bond acceptors (Lipinski definition) is 5. The van der Waals surface area contributed by atoms with Gasteiger partial charge in [0.15, 0.2) is 0 Å². The van der Waals surface area contributed by atoms with Crippen molar-refractivity contribution in [2.24, 2.45) is 0 Å². The van der Waals surface area contributed by atoms with Gasteiger partial charge in [-0.2, -0.15) is 0 Å². The number of nitrogens with one attached hydrogen (secondary N) is 2. The van der Waals surface area contributed by atoms with Crippen molar-refractivity contribution in [2.75, 3.05) is 29.3 Å². The molecule has 1 aromatic heterocycles. The molecule has 35 heavy (non-hydrogen) atoms. The smallest absolute Gasteiger partial charge is 0.261 e. The molecule has 2 fully saturated rings. The lowest BCUT2D eigenvalue weighted by atomic mass is 10.0. The maximum absolute atomic E-state index is 15.1. The van der Waals surface area contributed by atoms with Gasteiger partial charge in [-0.1, -0.05) is 23.8 Å². The average molecular weight is 498 g/mol. The third kappa shape index (κ3) is 4.45. The Balaban J connectivity index is 1.41. The molecule has 1 aliphatic carbocycles. The van der Waals surface area contributed by atoms with Crippen LogP contribution in [0.1, 0.15) is 24.0 Å². The fourth-order valence-electron chi connectivity index (χ4n) is 4.56. The Morgan fingerprint density at radius 3 is 2.46 bits per heavy atom. The highest BCUT2D eigenvalue weighted by Crippen LogP contribution is 2.46. The van der Waals surface area contributed by atoms with Crippen LogP contribution in [0.2, 0.25) is 0 Å². The number of nitrogens with zero attached hydrogens (tertiary/aromatic N) is 3. The molecule has 0 bridgehead atoms. The predicted octanol–water partition coefficient (Wildman–Crippen LogP) is 4.15. The maximum atomic E-state index is 15.1. The molecular weight excluding hydrogens is 472 g/mol. The Morgan fingerprint density at radius 2 is 1.80 bits per heavy atom. The Bertz CT molecular complexity index is 1370. The molecule has 1 aliphatic heterocycles. The molecule has 2 aliphatic rings. The summed E-state index contributed by atoms with van der Waals surface area (Å²) in [6, 6.07) is 13.5. The maximum Gasteiger partial charge on any atom is 0.261 e. The number of benzene rings is 2. The number of amidine groups is 1. The minimum Gasteiger partial charge on any atom is -0.352 e. The fourth-order valence-corrected chi connectivity index (χ4v) is 5.63. The molecule has 182 valence electrons. The van der Waals surface area contributed by atoms with Crippen molar-refractivity contribution in [1.82, 2.24) is 9.88 Å². The van der Waals surface area contributed by atoms with E-state index in [4.69, 9.17) is 5.41 Å². The molecule has 0 amide bonds. The van der Waals surface area contributed by atoms with E-state index in [0.717, 1.165) is 18.4 Å². The summed E-state index contributed by atoms with van der Waals surface area (Å²) < 4.78 is 56.8. The van der Waals surface area contributed by atoms with Gasteiger partial charge in [0, 0.05) is 19.6 Å². The summed E-state index contributed by atoms with van der Waals surface area (Å²) in [6.45, 7) is 3.36. The molecule has 10 heteroatoms. The first-order valence-corrected chi connectivity index (χ1v) is 12.8. The molecule has 7 nitrogen and oxygen atoms in total. The van der Waals surface area contributed by atoms with E-state index < -0.39 is 21.7 Å². The van der Waals surface area contributed by atoms with Gasteiger partial charge in [0.25, 0.3) is 10.0 Å². The van der Waals surface area contributed by atoms with Crippen molar-refractivity contribution >= 4 is 27.4 Å². The van der Waals surface area contributed by atoms with Crippen LogP contribution in [0.5, 0.6) is 0 Å². The third-order valence-electron chi connectivity index (χ3n) is 6.61. The minimum absolute atomic E-state index is 0.0222. The monoisotopic (exact) mass is 497 g/mol. The van der Waals surface area contributed by atoms with E-state index in [1.807, 2.05) is 16.7 Å². The summed E-state index contributed by atoms with van der Waals surface area (Å²) in [6.07, 6.45) is 2.80. The van der Waals surface area contributed by atoms with Gasteiger partial charge in [-0.05, 0) is 56.2 Å². The number of piperazine rings is 1. The highest BCUT2D eigenvalue weighted by molar-refractivity contribution is 7.92. The standard InChI is InChI=1S/C25H25F2N5O2S/c1-17-5-8-19(9-6-17)35(33,34)30-21-4-2-3-20(27)23(21)24(28)32-14-13-31(16-25(32)11-12-25)22-10-7-18(26)15-29-22/h2-10,15,28,30H,11-14,16H2,1H3. The molecular formula is C25H25F2N5O2S. The second-order valence-corrected chi connectivity index (χ2v) is 10.7. The fraction of sp³-hybridized carbons (Fsp3) is 0.280. The highest BCUT2D eigenvalue weighted by Gasteiger charge is 2.53. The van der Waals surface area contributed by atoms with Gasteiger partial charge < -0.3 is 9.80 Å². The first-order valence-electron chi connectivity index (χ1n) is 11.3. The molecule has 3 aromatic rings. The molecule has 2 N–H and O–H groups in total. The number of rotatable bonds is 5. The number of pyridine rings is 1. The van der Waals surface area contributed by atoms with Gasteiger partial charge in [0.1, 0.15) is 23.3 Å². The predicted molar refractivity (Wildman–Crippen MR) is 130 cm³/mol. The van der Waals surface area contributed by atoms with Crippen molar-refractivity contribution in [2.45, 2.75) is 30.2 Å². The number of sulfonamides is 1. The first kappa shape index (κ1) is 23.2. The van der Waals surface area contributed by atoms with Crippen LogP contribution >= 0.6 is 0 Å². The van der Waals surface area contributed by atoms with Crippen LogP contribution in [0.15, 0.2) is 65.7 Å². The number of halogens is 2. The molecule has 0 unspecified atom stereocenters. The van der Waals surface area contributed by atoms with Crippen molar-refractivity contribution in [3.63, 3.8) is 0 Å². The van der Waals surface area contributed by atoms with Crippen LogP contribution in [-0.2, 0) is 10.0 Å². The Hall–Kier alpha value is -3.53. The van der Waals surface area contributed by atoms with Gasteiger partial charge in [-0.25, -0.2) is 22.2 Å². The van der Waals surface area contributed by atoms with Crippen LogP contribution in [-0.4, -0.2) is 49.3 Å².